The average molecular weight is 336 g/mol. The van der Waals surface area contributed by atoms with Gasteiger partial charge in [-0.15, -0.1) is 0 Å². The fourth-order valence-corrected chi connectivity index (χ4v) is 4.88. The van der Waals surface area contributed by atoms with Gasteiger partial charge in [-0.05, 0) is 56.4 Å². The smallest absolute Gasteiger partial charge is 0.235 e. The molecule has 0 radical (unpaired) electrons. The maximum absolute atomic E-state index is 12.8. The van der Waals surface area contributed by atoms with Crippen LogP contribution in [0.2, 0.25) is 0 Å². The number of aromatic nitrogens is 1. The monoisotopic (exact) mass is 336 g/mol. The van der Waals surface area contributed by atoms with Gasteiger partial charge in [-0.3, -0.25) is 4.31 Å². The Hall–Kier alpha value is -1.53. The maximum Gasteiger partial charge on any atom is 0.235 e. The van der Waals surface area contributed by atoms with E-state index in [1.807, 2.05) is 37.4 Å². The lowest BCUT2D eigenvalue weighted by Gasteiger charge is -2.26. The highest BCUT2D eigenvalue weighted by atomic mass is 32.2. The van der Waals surface area contributed by atoms with Crippen LogP contribution in [0.3, 0.4) is 0 Å². The summed E-state index contributed by atoms with van der Waals surface area (Å²) in [6.07, 6.45) is 4.52. The molecule has 1 aliphatic rings. The Labute approximate surface area is 137 Å². The topological polar surface area (TPSA) is 62.4 Å². The summed E-state index contributed by atoms with van der Waals surface area (Å²) in [5.41, 5.74) is 1.76. The van der Waals surface area contributed by atoms with E-state index in [0.29, 0.717) is 18.9 Å². The lowest BCUT2D eigenvalue weighted by atomic mass is 9.98. The molecule has 0 unspecified atom stereocenters. The van der Waals surface area contributed by atoms with Crippen LogP contribution in [-0.2, 0) is 14.8 Å². The number of rotatable bonds is 6. The quantitative estimate of drug-likeness (QED) is 0.881. The molecule has 0 bridgehead atoms. The first kappa shape index (κ1) is 16.3. The van der Waals surface area contributed by atoms with Gasteiger partial charge in [0.15, 0.2) is 0 Å². The molecule has 23 heavy (non-hydrogen) atoms. The molecule has 1 aromatic heterocycles. The van der Waals surface area contributed by atoms with E-state index < -0.39 is 10.0 Å². The van der Waals surface area contributed by atoms with Crippen molar-refractivity contribution >= 4 is 26.6 Å². The molecule has 0 saturated carbocycles. The minimum absolute atomic E-state index is 0.205. The van der Waals surface area contributed by atoms with Crippen molar-refractivity contribution in [1.82, 2.24) is 4.98 Å². The highest BCUT2D eigenvalue weighted by molar-refractivity contribution is 7.92. The Bertz CT molecular complexity index is 748. The number of anilines is 1. The normalized spacial score (nSPS) is 16.7. The zero-order valence-corrected chi connectivity index (χ0v) is 14.3. The van der Waals surface area contributed by atoms with Gasteiger partial charge in [0, 0.05) is 36.9 Å². The second-order valence-corrected chi connectivity index (χ2v) is 8.09. The number of nitrogens with zero attached hydrogens (tertiary/aromatic N) is 1. The van der Waals surface area contributed by atoms with Gasteiger partial charge in [-0.2, -0.15) is 0 Å². The molecule has 2 aromatic rings. The van der Waals surface area contributed by atoms with Crippen molar-refractivity contribution in [3.05, 3.63) is 30.5 Å². The van der Waals surface area contributed by atoms with Crippen LogP contribution in [0.4, 0.5) is 5.69 Å². The molecule has 1 fully saturated rings. The van der Waals surface area contributed by atoms with Gasteiger partial charge in [0.2, 0.25) is 10.0 Å². The number of benzene rings is 1. The van der Waals surface area contributed by atoms with Crippen molar-refractivity contribution < 1.29 is 13.2 Å². The van der Waals surface area contributed by atoms with Crippen LogP contribution in [0, 0.1) is 5.92 Å². The van der Waals surface area contributed by atoms with E-state index in [1.54, 1.807) is 0 Å². The molecule has 0 amide bonds. The van der Waals surface area contributed by atoms with Crippen molar-refractivity contribution in [3.8, 4) is 0 Å². The van der Waals surface area contributed by atoms with Crippen LogP contribution in [-0.4, -0.2) is 38.9 Å². The molecule has 0 aliphatic carbocycles. The number of H-pyrrole nitrogens is 1. The molecule has 0 spiro atoms. The average Bonchev–Trinajstić information content (AvgIpc) is 3.02. The summed E-state index contributed by atoms with van der Waals surface area (Å²) in [4.78, 5) is 3.13. The van der Waals surface area contributed by atoms with E-state index in [9.17, 15) is 8.42 Å². The van der Waals surface area contributed by atoms with E-state index >= 15 is 0 Å². The lowest BCUT2D eigenvalue weighted by molar-refractivity contribution is 0.0655. The van der Waals surface area contributed by atoms with Gasteiger partial charge in [0.05, 0.1) is 11.4 Å². The zero-order chi connectivity index (χ0) is 16.3. The van der Waals surface area contributed by atoms with Crippen molar-refractivity contribution in [2.45, 2.75) is 26.2 Å². The molecule has 1 N–H and O–H groups in total. The van der Waals surface area contributed by atoms with E-state index in [-0.39, 0.29) is 5.75 Å². The molecule has 3 rings (SSSR count). The van der Waals surface area contributed by atoms with E-state index in [4.69, 9.17) is 4.74 Å². The molecule has 5 nitrogen and oxygen atoms in total. The summed E-state index contributed by atoms with van der Waals surface area (Å²) in [6, 6.07) is 7.69. The molecule has 126 valence electrons. The third-order valence-electron chi connectivity index (χ3n) is 4.57. The number of aromatic amines is 1. The molecule has 6 heteroatoms. The summed E-state index contributed by atoms with van der Waals surface area (Å²) >= 11 is 0. The van der Waals surface area contributed by atoms with Crippen LogP contribution in [0.15, 0.2) is 30.5 Å². The van der Waals surface area contributed by atoms with Gasteiger partial charge < -0.3 is 9.72 Å². The minimum Gasteiger partial charge on any atom is -0.381 e. The van der Waals surface area contributed by atoms with Crippen LogP contribution >= 0.6 is 0 Å². The fourth-order valence-electron chi connectivity index (χ4n) is 3.20. The number of fused-ring (bicyclic) bond motifs is 1. The number of nitrogens with one attached hydrogen (secondary N) is 1. The van der Waals surface area contributed by atoms with Crippen molar-refractivity contribution in [2.24, 2.45) is 5.92 Å². The molecule has 0 atom stereocenters. The Morgan fingerprint density at radius 2 is 2.04 bits per heavy atom. The molecule has 1 aliphatic heterocycles. The minimum atomic E-state index is -3.29. The largest absolute Gasteiger partial charge is 0.381 e. The summed E-state index contributed by atoms with van der Waals surface area (Å²) in [5, 5.41) is 1.03. The molecular weight excluding hydrogens is 312 g/mol. The Morgan fingerprint density at radius 1 is 1.26 bits per heavy atom. The standard InChI is InChI=1S/C17H24N2O3S/c1-2-19(16-3-4-17-15(13-16)5-9-18-17)23(20,21)12-8-14-6-10-22-11-7-14/h3-5,9,13-14,18H,2,6-8,10-12H2,1H3. The van der Waals surface area contributed by atoms with Gasteiger partial charge >= 0.3 is 0 Å². The first-order chi connectivity index (χ1) is 11.1. The number of hydrogen-bond donors (Lipinski definition) is 1. The first-order valence-electron chi connectivity index (χ1n) is 8.25. The number of ether oxygens (including phenoxy) is 1. The third kappa shape index (κ3) is 3.70. The molecule has 1 saturated heterocycles. The SMILES string of the molecule is CCN(c1ccc2[nH]ccc2c1)S(=O)(=O)CCC1CCOCC1. The first-order valence-corrected chi connectivity index (χ1v) is 9.86. The van der Waals surface area contributed by atoms with Crippen molar-refractivity contribution in [1.29, 1.82) is 0 Å². The Kier molecular flexibility index (Phi) is 4.92. The second-order valence-electron chi connectivity index (χ2n) is 6.07. The highest BCUT2D eigenvalue weighted by Gasteiger charge is 2.24. The maximum atomic E-state index is 12.8. The summed E-state index contributed by atoms with van der Waals surface area (Å²) < 4.78 is 32.4. The molecule has 1 aromatic carbocycles. The fraction of sp³-hybridized carbons (Fsp3) is 0.529. The molecule has 2 heterocycles. The van der Waals surface area contributed by atoms with Gasteiger partial charge in [-0.1, -0.05) is 0 Å². The Morgan fingerprint density at radius 3 is 2.78 bits per heavy atom. The predicted molar refractivity (Wildman–Crippen MR) is 93.3 cm³/mol. The van der Waals surface area contributed by atoms with Crippen LogP contribution < -0.4 is 4.31 Å². The summed E-state index contributed by atoms with van der Waals surface area (Å²) in [6.45, 7) is 3.85. The Balaban J connectivity index is 1.74. The zero-order valence-electron chi connectivity index (χ0n) is 13.5. The van der Waals surface area contributed by atoms with Gasteiger partial charge in [0.1, 0.15) is 0 Å². The van der Waals surface area contributed by atoms with Crippen molar-refractivity contribution in [3.63, 3.8) is 0 Å². The van der Waals surface area contributed by atoms with Crippen LogP contribution in [0.25, 0.3) is 10.9 Å². The van der Waals surface area contributed by atoms with Gasteiger partial charge in [-0.25, -0.2) is 8.42 Å². The number of sulfonamides is 1. The highest BCUT2D eigenvalue weighted by Crippen LogP contribution is 2.25. The van der Waals surface area contributed by atoms with E-state index in [0.717, 1.165) is 42.6 Å². The summed E-state index contributed by atoms with van der Waals surface area (Å²) in [7, 11) is -3.29. The van der Waals surface area contributed by atoms with Gasteiger partial charge in [0.25, 0.3) is 0 Å². The van der Waals surface area contributed by atoms with E-state index in [2.05, 4.69) is 4.98 Å². The second kappa shape index (κ2) is 6.93. The lowest BCUT2D eigenvalue weighted by Crippen LogP contribution is -2.34. The van der Waals surface area contributed by atoms with E-state index in [1.165, 1.54) is 4.31 Å². The molecular formula is C17H24N2O3S. The van der Waals surface area contributed by atoms with Crippen LogP contribution in [0.5, 0.6) is 0 Å². The van der Waals surface area contributed by atoms with Crippen molar-refractivity contribution in [2.75, 3.05) is 29.8 Å². The third-order valence-corrected chi connectivity index (χ3v) is 6.46. The predicted octanol–water partition coefficient (Wildman–Crippen LogP) is 3.14. The number of hydrogen-bond acceptors (Lipinski definition) is 3. The van der Waals surface area contributed by atoms with Crippen LogP contribution in [0.1, 0.15) is 26.2 Å². The summed E-state index contributed by atoms with van der Waals surface area (Å²) in [5.74, 6) is 0.667.